The van der Waals surface area contributed by atoms with E-state index in [0.29, 0.717) is 17.9 Å². The molecule has 1 N–H and O–H groups in total. The lowest BCUT2D eigenvalue weighted by molar-refractivity contribution is -0.137. The van der Waals surface area contributed by atoms with Gasteiger partial charge in [-0.3, -0.25) is 9.59 Å². The van der Waals surface area contributed by atoms with E-state index in [2.05, 4.69) is 25.7 Å². The predicted molar refractivity (Wildman–Crippen MR) is 89.4 cm³/mol. The Morgan fingerprint density at radius 1 is 1.35 bits per heavy atom. The van der Waals surface area contributed by atoms with Gasteiger partial charge in [-0.05, 0) is 37.5 Å². The highest BCUT2D eigenvalue weighted by molar-refractivity contribution is 5.97. The number of Topliss-reactive ketones (excluding diaryl/α,β-unsaturated/α-hetero) is 1. The molecule has 1 atom stereocenters. The Kier molecular flexibility index (Phi) is 5.64. The number of anilines is 1. The number of rotatable bonds is 7. The van der Waals surface area contributed by atoms with Gasteiger partial charge in [0.1, 0.15) is 11.9 Å². The van der Waals surface area contributed by atoms with E-state index in [0.717, 1.165) is 24.5 Å². The normalized spacial score (nSPS) is 16.9. The van der Waals surface area contributed by atoms with E-state index in [-0.39, 0.29) is 24.7 Å². The maximum absolute atomic E-state index is 12.2. The summed E-state index contributed by atoms with van der Waals surface area (Å²) < 4.78 is 6.04. The number of carbonyl (C=O) groups is 2. The fourth-order valence-electron chi connectivity index (χ4n) is 2.74. The number of carboxylic acids is 1. The molecule has 1 aliphatic heterocycles. The molecule has 1 aliphatic rings. The predicted octanol–water partition coefficient (Wildman–Crippen LogP) is 3.37. The average molecular weight is 319 g/mol. The second-order valence-electron chi connectivity index (χ2n) is 6.29. The molecule has 2 rings (SSSR count). The summed E-state index contributed by atoms with van der Waals surface area (Å²) in [6.45, 7) is 8.05. The zero-order valence-corrected chi connectivity index (χ0v) is 14.0. The van der Waals surface area contributed by atoms with Gasteiger partial charge in [-0.1, -0.05) is 13.8 Å². The van der Waals surface area contributed by atoms with Crippen molar-refractivity contribution in [1.29, 1.82) is 0 Å². The number of ether oxygens (including phenoxy) is 1. The summed E-state index contributed by atoms with van der Waals surface area (Å²) in [5.41, 5.74) is 1.58. The van der Waals surface area contributed by atoms with Crippen molar-refractivity contribution in [3.05, 3.63) is 23.8 Å². The summed E-state index contributed by atoms with van der Waals surface area (Å²) in [6.07, 6.45) is 0.803. The lowest BCUT2D eigenvalue weighted by atomic mass is 10.0. The number of ketones is 1. The van der Waals surface area contributed by atoms with Crippen LogP contribution in [-0.4, -0.2) is 36.1 Å². The third-order valence-corrected chi connectivity index (χ3v) is 4.22. The first-order valence-electron chi connectivity index (χ1n) is 8.23. The summed E-state index contributed by atoms with van der Waals surface area (Å²) in [5, 5.41) is 8.66. The third kappa shape index (κ3) is 4.24. The van der Waals surface area contributed by atoms with Crippen LogP contribution < -0.4 is 9.64 Å². The van der Waals surface area contributed by atoms with Gasteiger partial charge in [0.05, 0.1) is 12.2 Å². The fraction of sp³-hybridized carbons (Fsp3) is 0.556. The molecular formula is C18H25NO4. The number of likely N-dealkylation sites (N-methyl/N-ethyl adjacent to an activating group) is 1. The molecule has 126 valence electrons. The van der Waals surface area contributed by atoms with Crippen molar-refractivity contribution in [2.75, 3.05) is 18.0 Å². The van der Waals surface area contributed by atoms with E-state index in [1.165, 1.54) is 0 Å². The minimum atomic E-state index is -0.867. The lowest BCUT2D eigenvalue weighted by Gasteiger charge is -2.37. The molecule has 1 aromatic rings. The summed E-state index contributed by atoms with van der Waals surface area (Å²) in [5.74, 6) is 0.359. The van der Waals surface area contributed by atoms with E-state index in [9.17, 15) is 9.59 Å². The molecule has 1 aromatic carbocycles. The third-order valence-electron chi connectivity index (χ3n) is 4.22. The van der Waals surface area contributed by atoms with Crippen LogP contribution in [0.4, 0.5) is 5.69 Å². The zero-order chi connectivity index (χ0) is 17.0. The summed E-state index contributed by atoms with van der Waals surface area (Å²) in [7, 11) is 0. The van der Waals surface area contributed by atoms with Crippen molar-refractivity contribution in [2.24, 2.45) is 5.92 Å². The Balaban J connectivity index is 2.15. The van der Waals surface area contributed by atoms with Crippen LogP contribution in [-0.2, 0) is 4.79 Å². The van der Waals surface area contributed by atoms with E-state index in [4.69, 9.17) is 9.84 Å². The number of nitrogens with zero attached hydrogens (tertiary/aromatic N) is 1. The number of aliphatic carboxylic acids is 1. The first kappa shape index (κ1) is 17.3. The van der Waals surface area contributed by atoms with E-state index in [1.54, 1.807) is 6.07 Å². The average Bonchev–Trinajstić information content (AvgIpc) is 2.52. The van der Waals surface area contributed by atoms with Gasteiger partial charge in [-0.2, -0.15) is 0 Å². The molecule has 0 bridgehead atoms. The fourth-order valence-corrected chi connectivity index (χ4v) is 2.74. The molecule has 5 nitrogen and oxygen atoms in total. The van der Waals surface area contributed by atoms with Gasteiger partial charge < -0.3 is 14.7 Å². The van der Waals surface area contributed by atoms with Gasteiger partial charge in [0.25, 0.3) is 0 Å². The highest BCUT2D eigenvalue weighted by Crippen LogP contribution is 2.36. The van der Waals surface area contributed by atoms with Crippen molar-refractivity contribution < 1.29 is 19.4 Å². The molecule has 0 saturated heterocycles. The summed E-state index contributed by atoms with van der Waals surface area (Å²) >= 11 is 0. The standard InChI is InChI=1S/C18H25NO4/c1-4-19-11-17(12(2)3)23-16-9-8-13(10-14(16)19)15(20)6-5-7-18(21)22/h8-10,12,17H,4-7,11H2,1-3H3,(H,21,22). The monoisotopic (exact) mass is 319 g/mol. The smallest absolute Gasteiger partial charge is 0.303 e. The van der Waals surface area contributed by atoms with Crippen LogP contribution in [0.3, 0.4) is 0 Å². The highest BCUT2D eigenvalue weighted by atomic mass is 16.5. The number of benzene rings is 1. The van der Waals surface area contributed by atoms with E-state index < -0.39 is 5.97 Å². The molecule has 0 amide bonds. The van der Waals surface area contributed by atoms with Crippen LogP contribution in [0.5, 0.6) is 5.75 Å². The van der Waals surface area contributed by atoms with Crippen LogP contribution >= 0.6 is 0 Å². The largest absolute Gasteiger partial charge is 0.486 e. The maximum atomic E-state index is 12.2. The van der Waals surface area contributed by atoms with Crippen molar-refractivity contribution >= 4 is 17.4 Å². The Labute approximate surface area is 137 Å². The molecule has 23 heavy (non-hydrogen) atoms. The number of fused-ring (bicyclic) bond motifs is 1. The Morgan fingerprint density at radius 2 is 2.09 bits per heavy atom. The van der Waals surface area contributed by atoms with Crippen molar-refractivity contribution in [2.45, 2.75) is 46.1 Å². The first-order chi connectivity index (χ1) is 10.9. The summed E-state index contributed by atoms with van der Waals surface area (Å²) in [4.78, 5) is 25.0. The quantitative estimate of drug-likeness (QED) is 0.781. The van der Waals surface area contributed by atoms with Crippen LogP contribution in [0.25, 0.3) is 0 Å². The minimum absolute atomic E-state index is 0.0175. The topological polar surface area (TPSA) is 66.8 Å². The highest BCUT2D eigenvalue weighted by Gasteiger charge is 2.27. The van der Waals surface area contributed by atoms with Crippen LogP contribution in [0.2, 0.25) is 0 Å². The molecule has 0 saturated carbocycles. The van der Waals surface area contributed by atoms with Gasteiger partial charge in [-0.15, -0.1) is 0 Å². The Hall–Kier alpha value is -2.04. The molecule has 0 radical (unpaired) electrons. The number of carboxylic acid groups (broad SMARTS) is 1. The molecule has 0 spiro atoms. The zero-order valence-electron chi connectivity index (χ0n) is 14.0. The van der Waals surface area contributed by atoms with Gasteiger partial charge in [0, 0.05) is 24.9 Å². The molecule has 0 fully saturated rings. The van der Waals surface area contributed by atoms with Crippen molar-refractivity contribution in [3.8, 4) is 5.75 Å². The second kappa shape index (κ2) is 7.49. The Morgan fingerprint density at radius 3 is 2.70 bits per heavy atom. The van der Waals surface area contributed by atoms with Crippen LogP contribution in [0.15, 0.2) is 18.2 Å². The maximum Gasteiger partial charge on any atom is 0.303 e. The van der Waals surface area contributed by atoms with Gasteiger partial charge >= 0.3 is 5.97 Å². The summed E-state index contributed by atoms with van der Waals surface area (Å²) in [6, 6.07) is 5.51. The van der Waals surface area contributed by atoms with E-state index in [1.807, 2.05) is 12.1 Å². The van der Waals surface area contributed by atoms with Crippen LogP contribution in [0, 0.1) is 5.92 Å². The minimum Gasteiger partial charge on any atom is -0.486 e. The second-order valence-corrected chi connectivity index (χ2v) is 6.29. The van der Waals surface area contributed by atoms with Crippen molar-refractivity contribution in [3.63, 3.8) is 0 Å². The van der Waals surface area contributed by atoms with Gasteiger partial charge in [0.15, 0.2) is 5.78 Å². The molecule has 1 heterocycles. The molecule has 1 unspecified atom stereocenters. The molecular weight excluding hydrogens is 294 g/mol. The van der Waals surface area contributed by atoms with Crippen LogP contribution in [0.1, 0.15) is 50.4 Å². The number of hydrogen-bond acceptors (Lipinski definition) is 4. The molecule has 5 heteroatoms. The first-order valence-corrected chi connectivity index (χ1v) is 8.23. The van der Waals surface area contributed by atoms with Gasteiger partial charge in [0.2, 0.25) is 0 Å². The molecule has 0 aromatic heterocycles. The number of carbonyl (C=O) groups excluding carboxylic acids is 1. The number of hydrogen-bond donors (Lipinski definition) is 1. The Bertz CT molecular complexity index is 582. The van der Waals surface area contributed by atoms with Crippen molar-refractivity contribution in [1.82, 2.24) is 0 Å². The van der Waals surface area contributed by atoms with Gasteiger partial charge in [-0.25, -0.2) is 0 Å². The SMILES string of the molecule is CCN1CC(C(C)C)Oc2ccc(C(=O)CCCC(=O)O)cc21. The lowest BCUT2D eigenvalue weighted by Crippen LogP contribution is -2.42. The van der Waals surface area contributed by atoms with E-state index >= 15 is 0 Å². The molecule has 0 aliphatic carbocycles.